The van der Waals surface area contributed by atoms with Gasteiger partial charge >= 0.3 is 5.97 Å². The third kappa shape index (κ3) is 38.2. The molecule has 0 aliphatic heterocycles. The van der Waals surface area contributed by atoms with E-state index in [9.17, 15) is 9.59 Å². The van der Waals surface area contributed by atoms with Gasteiger partial charge in [-0.05, 0) is 57.8 Å². The zero-order valence-corrected chi connectivity index (χ0v) is 22.2. The second kappa shape index (κ2) is 32.8. The van der Waals surface area contributed by atoms with Crippen LogP contribution in [0.2, 0.25) is 0 Å². The van der Waals surface area contributed by atoms with Crippen LogP contribution in [0.3, 0.4) is 0 Å². The molecule has 33 heavy (non-hydrogen) atoms. The lowest BCUT2D eigenvalue weighted by Gasteiger charge is -1.98. The molecular weight excluding hydrogens is 408 g/mol. The van der Waals surface area contributed by atoms with E-state index in [0.717, 1.165) is 38.4 Å². The summed E-state index contributed by atoms with van der Waals surface area (Å²) in [6, 6.07) is 0. The lowest BCUT2D eigenvalue weighted by molar-refractivity contribution is -0.137. The molecule has 0 radical (unpaired) electrons. The molecule has 0 atom stereocenters. The molecule has 0 aromatic heterocycles. The third-order valence-electron chi connectivity index (χ3n) is 5.74. The van der Waals surface area contributed by atoms with E-state index >= 15 is 0 Å². The lowest BCUT2D eigenvalue weighted by Crippen LogP contribution is -1.92. The van der Waals surface area contributed by atoms with Crippen LogP contribution in [0.5, 0.6) is 0 Å². The number of aldehydes is 1. The molecule has 0 heterocycles. The Kier molecular flexibility index (Phi) is 33.6. The number of aliphatic carboxylic acids is 1. The summed E-state index contributed by atoms with van der Waals surface area (Å²) in [5, 5.41) is 8.43. The van der Waals surface area contributed by atoms with Crippen LogP contribution in [0.25, 0.3) is 0 Å². The minimum Gasteiger partial charge on any atom is -0.481 e. The highest BCUT2D eigenvalue weighted by Crippen LogP contribution is 2.09. The first-order chi connectivity index (χ1) is 16.2. The van der Waals surface area contributed by atoms with E-state index in [1.54, 1.807) is 0 Å². The zero-order chi connectivity index (χ0) is 24.7. The lowest BCUT2D eigenvalue weighted by atomic mass is 10.1. The van der Waals surface area contributed by atoms with Gasteiger partial charge in [-0.2, -0.15) is 0 Å². The van der Waals surface area contributed by atoms with E-state index in [1.165, 1.54) is 103 Å². The Hall–Kier alpha value is -1.38. The summed E-state index contributed by atoms with van der Waals surface area (Å²) in [7, 11) is 0. The van der Waals surface area contributed by atoms with Crippen molar-refractivity contribution >= 4 is 12.3 Å². The van der Waals surface area contributed by atoms with Gasteiger partial charge in [0, 0.05) is 12.8 Å². The van der Waals surface area contributed by atoms with E-state index < -0.39 is 5.97 Å². The first-order valence-corrected chi connectivity index (χ1v) is 14.1. The van der Waals surface area contributed by atoms with E-state index in [4.69, 9.17) is 5.11 Å². The van der Waals surface area contributed by atoms with Gasteiger partial charge in [0.15, 0.2) is 0 Å². The van der Waals surface area contributed by atoms with Crippen LogP contribution in [-0.4, -0.2) is 17.4 Å². The molecule has 0 unspecified atom stereocenters. The molecule has 1 N–H and O–H groups in total. The summed E-state index contributed by atoms with van der Waals surface area (Å²) in [6.45, 7) is 4.50. The molecule has 0 aromatic rings. The summed E-state index contributed by atoms with van der Waals surface area (Å²) in [6.07, 6.45) is 36.1. The molecule has 3 heteroatoms. The van der Waals surface area contributed by atoms with E-state index in [1.807, 2.05) is 0 Å². The molecule has 0 aliphatic rings. The number of unbranched alkanes of at least 4 members (excludes halogenated alkanes) is 17. The van der Waals surface area contributed by atoms with Crippen molar-refractivity contribution in [2.45, 2.75) is 155 Å². The molecule has 0 fully saturated rings. The average Bonchev–Trinajstić information content (AvgIpc) is 2.81. The number of hydrogen-bond donors (Lipinski definition) is 1. The van der Waals surface area contributed by atoms with Gasteiger partial charge in [-0.25, -0.2) is 0 Å². The fourth-order valence-electron chi connectivity index (χ4n) is 3.59. The van der Waals surface area contributed by atoms with Crippen LogP contribution < -0.4 is 0 Å². The topological polar surface area (TPSA) is 54.4 Å². The van der Waals surface area contributed by atoms with Crippen molar-refractivity contribution in [3.8, 4) is 0 Å². The Morgan fingerprint density at radius 2 is 0.848 bits per heavy atom. The van der Waals surface area contributed by atoms with Crippen LogP contribution in [0.4, 0.5) is 0 Å². The highest BCUT2D eigenvalue weighted by Gasteiger charge is 1.93. The Labute approximate surface area is 206 Å². The minimum atomic E-state index is -0.690. The van der Waals surface area contributed by atoms with E-state index in [0.29, 0.717) is 6.42 Å². The van der Waals surface area contributed by atoms with Crippen molar-refractivity contribution in [3.05, 3.63) is 24.3 Å². The number of carbonyl (C=O) groups is 2. The number of rotatable bonds is 24. The average molecular weight is 465 g/mol. The molecule has 0 aliphatic carbocycles. The quantitative estimate of drug-likeness (QED) is 0.0878. The van der Waals surface area contributed by atoms with Gasteiger partial charge in [0.05, 0.1) is 0 Å². The van der Waals surface area contributed by atoms with Gasteiger partial charge in [-0.3, -0.25) is 4.79 Å². The predicted octanol–water partition coefficient (Wildman–Crippen LogP) is 9.99. The molecule has 0 saturated carbocycles. The highest BCUT2D eigenvalue weighted by atomic mass is 16.4. The largest absolute Gasteiger partial charge is 0.481 e. The molecule has 194 valence electrons. The highest BCUT2D eigenvalue weighted by molar-refractivity contribution is 5.66. The fourth-order valence-corrected chi connectivity index (χ4v) is 3.59. The molecule has 0 amide bonds. The molecule has 0 aromatic carbocycles. The maximum atomic E-state index is 10.2. The van der Waals surface area contributed by atoms with Crippen molar-refractivity contribution in [3.63, 3.8) is 0 Å². The van der Waals surface area contributed by atoms with Crippen LogP contribution in [-0.2, 0) is 9.59 Å². The summed E-state index contributed by atoms with van der Waals surface area (Å²) >= 11 is 0. The monoisotopic (exact) mass is 464 g/mol. The number of carboxylic acid groups (broad SMARTS) is 1. The minimum absolute atomic E-state index is 0.293. The van der Waals surface area contributed by atoms with Crippen molar-refractivity contribution < 1.29 is 14.7 Å². The Morgan fingerprint density at radius 1 is 0.515 bits per heavy atom. The third-order valence-corrected chi connectivity index (χ3v) is 5.74. The Balaban J connectivity index is 0. The van der Waals surface area contributed by atoms with Crippen LogP contribution in [0.1, 0.15) is 155 Å². The summed E-state index contributed by atoms with van der Waals surface area (Å²) in [4.78, 5) is 20.3. The first kappa shape index (κ1) is 33.8. The number of carbonyl (C=O) groups excluding carboxylic acids is 1. The number of hydrogen-bond acceptors (Lipinski definition) is 2. The number of allylic oxidation sites excluding steroid dienone is 4. The van der Waals surface area contributed by atoms with Crippen molar-refractivity contribution in [2.75, 3.05) is 0 Å². The maximum absolute atomic E-state index is 10.2. The second-order valence-corrected chi connectivity index (χ2v) is 9.15. The Morgan fingerprint density at radius 3 is 1.24 bits per heavy atom. The van der Waals surface area contributed by atoms with Crippen LogP contribution >= 0.6 is 0 Å². The Bertz CT molecular complexity index is 440. The smallest absolute Gasteiger partial charge is 0.303 e. The first-order valence-electron chi connectivity index (χ1n) is 14.1. The molecule has 0 bridgehead atoms. The van der Waals surface area contributed by atoms with E-state index in [2.05, 4.69) is 38.2 Å². The van der Waals surface area contributed by atoms with E-state index in [-0.39, 0.29) is 0 Å². The van der Waals surface area contributed by atoms with Gasteiger partial charge in [0.1, 0.15) is 6.29 Å². The molecule has 3 nitrogen and oxygen atoms in total. The number of carboxylic acids is 1. The van der Waals surface area contributed by atoms with Gasteiger partial charge in [-0.15, -0.1) is 0 Å². The fraction of sp³-hybridized carbons (Fsp3) is 0.800. The molecule has 0 rings (SSSR count). The van der Waals surface area contributed by atoms with Crippen molar-refractivity contribution in [1.82, 2.24) is 0 Å². The van der Waals surface area contributed by atoms with Gasteiger partial charge in [0.25, 0.3) is 0 Å². The van der Waals surface area contributed by atoms with Gasteiger partial charge in [0.2, 0.25) is 0 Å². The van der Waals surface area contributed by atoms with Crippen molar-refractivity contribution in [2.24, 2.45) is 0 Å². The normalized spacial score (nSPS) is 11.1. The predicted molar refractivity (Wildman–Crippen MR) is 145 cm³/mol. The summed E-state index contributed by atoms with van der Waals surface area (Å²) in [5.74, 6) is -0.690. The summed E-state index contributed by atoms with van der Waals surface area (Å²) in [5.41, 5.74) is 0. The molecular formula is C30H56O3. The standard InChI is InChI=1S/C16H30O.C14H26O2/c1-2-3-4-5-6-7-8-9-10-11-12-13-14-15-16-17;1-2-3-4-5-6-7-8-9-10-11-12-13-14(15)16/h9-10,16H,2-8,11-15H2,1H3;9-10H,2-8,11-13H2,1H3,(H,15,16)/b10-9+;10-9-. The van der Waals surface area contributed by atoms with Crippen LogP contribution in [0, 0.1) is 0 Å². The summed E-state index contributed by atoms with van der Waals surface area (Å²) < 4.78 is 0. The molecule has 0 saturated heterocycles. The molecule has 0 spiro atoms. The van der Waals surface area contributed by atoms with Crippen LogP contribution in [0.15, 0.2) is 24.3 Å². The maximum Gasteiger partial charge on any atom is 0.303 e. The second-order valence-electron chi connectivity index (χ2n) is 9.15. The van der Waals surface area contributed by atoms with Crippen molar-refractivity contribution in [1.29, 1.82) is 0 Å². The van der Waals surface area contributed by atoms with Gasteiger partial charge < -0.3 is 9.90 Å². The SMILES string of the molecule is CCCCCCCC/C=C/CCCCCC=O.CCCCCCCC/C=C\CCCC(=O)O. The zero-order valence-electron chi connectivity index (χ0n) is 22.2. The van der Waals surface area contributed by atoms with Gasteiger partial charge in [-0.1, -0.05) is 109 Å².